The SMILES string of the molecule is CSCOC(=O)C1CCC(N(C)C)C1. The Morgan fingerprint density at radius 2 is 2.21 bits per heavy atom. The lowest BCUT2D eigenvalue weighted by Gasteiger charge is -2.18. The highest BCUT2D eigenvalue weighted by Crippen LogP contribution is 2.29. The van der Waals surface area contributed by atoms with E-state index in [0.29, 0.717) is 12.0 Å². The highest BCUT2D eigenvalue weighted by molar-refractivity contribution is 7.98. The van der Waals surface area contributed by atoms with Crippen LogP contribution in [0.3, 0.4) is 0 Å². The second-order valence-electron chi connectivity index (χ2n) is 4.00. The van der Waals surface area contributed by atoms with Crippen molar-refractivity contribution in [2.75, 3.05) is 26.3 Å². The van der Waals surface area contributed by atoms with Gasteiger partial charge in [-0.2, -0.15) is 0 Å². The summed E-state index contributed by atoms with van der Waals surface area (Å²) in [6.07, 6.45) is 4.99. The first-order valence-electron chi connectivity index (χ1n) is 4.97. The minimum absolute atomic E-state index is 0.0105. The summed E-state index contributed by atoms with van der Waals surface area (Å²) < 4.78 is 5.11. The second-order valence-corrected chi connectivity index (χ2v) is 4.81. The Morgan fingerprint density at radius 1 is 1.50 bits per heavy atom. The van der Waals surface area contributed by atoms with Gasteiger partial charge in [-0.3, -0.25) is 4.79 Å². The number of thioether (sulfide) groups is 1. The minimum Gasteiger partial charge on any atom is -0.454 e. The van der Waals surface area contributed by atoms with Crippen molar-refractivity contribution in [1.82, 2.24) is 4.90 Å². The Balaban J connectivity index is 2.30. The van der Waals surface area contributed by atoms with Gasteiger partial charge >= 0.3 is 5.97 Å². The Bertz CT molecular complexity index is 197. The Morgan fingerprint density at radius 3 is 2.71 bits per heavy atom. The van der Waals surface area contributed by atoms with E-state index >= 15 is 0 Å². The number of carbonyl (C=O) groups is 1. The molecule has 3 nitrogen and oxygen atoms in total. The first-order chi connectivity index (χ1) is 6.65. The van der Waals surface area contributed by atoms with Crippen LogP contribution in [-0.2, 0) is 9.53 Å². The molecule has 4 heteroatoms. The minimum atomic E-state index is -0.0105. The largest absolute Gasteiger partial charge is 0.454 e. The molecule has 0 N–H and O–H groups in total. The van der Waals surface area contributed by atoms with E-state index in [9.17, 15) is 4.79 Å². The molecule has 2 atom stereocenters. The molecule has 0 aromatic heterocycles. The van der Waals surface area contributed by atoms with E-state index < -0.39 is 0 Å². The van der Waals surface area contributed by atoms with Gasteiger partial charge in [0, 0.05) is 6.04 Å². The molecular weight excluding hydrogens is 198 g/mol. The van der Waals surface area contributed by atoms with Crippen molar-refractivity contribution in [2.24, 2.45) is 5.92 Å². The van der Waals surface area contributed by atoms with Gasteiger partial charge < -0.3 is 9.64 Å². The van der Waals surface area contributed by atoms with E-state index in [0.717, 1.165) is 19.3 Å². The first kappa shape index (κ1) is 11.9. The van der Waals surface area contributed by atoms with E-state index in [-0.39, 0.29) is 11.9 Å². The van der Waals surface area contributed by atoms with Crippen molar-refractivity contribution in [3.63, 3.8) is 0 Å². The van der Waals surface area contributed by atoms with Gasteiger partial charge in [-0.25, -0.2) is 0 Å². The van der Waals surface area contributed by atoms with E-state index in [1.165, 1.54) is 0 Å². The third kappa shape index (κ3) is 3.17. The molecule has 1 aliphatic rings. The number of ether oxygens (including phenoxy) is 1. The second kappa shape index (κ2) is 5.61. The van der Waals surface area contributed by atoms with Crippen LogP contribution in [0.2, 0.25) is 0 Å². The molecular formula is C10H19NO2S. The van der Waals surface area contributed by atoms with Crippen molar-refractivity contribution in [2.45, 2.75) is 25.3 Å². The normalized spacial score (nSPS) is 26.9. The van der Waals surface area contributed by atoms with Crippen LogP contribution >= 0.6 is 11.8 Å². The molecule has 14 heavy (non-hydrogen) atoms. The lowest BCUT2D eigenvalue weighted by molar-refractivity contribution is -0.146. The molecule has 0 saturated heterocycles. The lowest BCUT2D eigenvalue weighted by Crippen LogP contribution is -2.26. The van der Waals surface area contributed by atoms with Crippen molar-refractivity contribution in [1.29, 1.82) is 0 Å². The summed E-state index contributed by atoms with van der Waals surface area (Å²) >= 11 is 1.54. The Kier molecular flexibility index (Phi) is 4.75. The predicted molar refractivity (Wildman–Crippen MR) is 59.3 cm³/mol. The fraction of sp³-hybridized carbons (Fsp3) is 0.900. The van der Waals surface area contributed by atoms with E-state index in [1.54, 1.807) is 11.8 Å². The van der Waals surface area contributed by atoms with Gasteiger partial charge in [-0.05, 0) is 39.6 Å². The van der Waals surface area contributed by atoms with Gasteiger partial charge in [0.05, 0.1) is 5.92 Å². The summed E-state index contributed by atoms with van der Waals surface area (Å²) in [5.74, 6) is 0.611. The first-order valence-corrected chi connectivity index (χ1v) is 6.36. The Hall–Kier alpha value is -0.220. The molecule has 0 amide bonds. The molecule has 0 heterocycles. The lowest BCUT2D eigenvalue weighted by atomic mass is 10.1. The van der Waals surface area contributed by atoms with Crippen LogP contribution in [0, 0.1) is 5.92 Å². The summed E-state index contributed by atoms with van der Waals surface area (Å²) in [6.45, 7) is 0. The third-order valence-electron chi connectivity index (χ3n) is 2.79. The molecule has 1 fully saturated rings. The van der Waals surface area contributed by atoms with Crippen LogP contribution in [0.15, 0.2) is 0 Å². The van der Waals surface area contributed by atoms with Crippen LogP contribution in [-0.4, -0.2) is 43.2 Å². The average molecular weight is 217 g/mol. The molecule has 1 rings (SSSR count). The van der Waals surface area contributed by atoms with Crippen molar-refractivity contribution in [3.05, 3.63) is 0 Å². The van der Waals surface area contributed by atoms with Crippen LogP contribution in [0.4, 0.5) is 0 Å². The predicted octanol–water partition coefficient (Wildman–Crippen LogP) is 1.58. The van der Waals surface area contributed by atoms with Crippen molar-refractivity contribution in [3.8, 4) is 0 Å². The van der Waals surface area contributed by atoms with Crippen LogP contribution in [0.5, 0.6) is 0 Å². The number of carbonyl (C=O) groups excluding carboxylic acids is 1. The molecule has 0 aromatic carbocycles. The fourth-order valence-electron chi connectivity index (χ4n) is 1.88. The van der Waals surface area contributed by atoms with Gasteiger partial charge in [-0.1, -0.05) is 0 Å². The average Bonchev–Trinajstić information content (AvgIpc) is 2.62. The zero-order chi connectivity index (χ0) is 10.6. The Labute approximate surface area is 90.2 Å². The van der Waals surface area contributed by atoms with E-state index in [1.807, 2.05) is 6.26 Å². The molecule has 0 bridgehead atoms. The van der Waals surface area contributed by atoms with Crippen molar-refractivity contribution < 1.29 is 9.53 Å². The smallest absolute Gasteiger partial charge is 0.309 e. The molecule has 0 spiro atoms. The zero-order valence-electron chi connectivity index (χ0n) is 9.16. The number of esters is 1. The monoisotopic (exact) mass is 217 g/mol. The summed E-state index contributed by atoms with van der Waals surface area (Å²) in [6, 6.07) is 0.557. The van der Waals surface area contributed by atoms with E-state index in [2.05, 4.69) is 19.0 Å². The summed E-state index contributed by atoms with van der Waals surface area (Å²) in [5.41, 5.74) is 0. The maximum atomic E-state index is 11.5. The maximum absolute atomic E-state index is 11.5. The molecule has 0 aromatic rings. The van der Waals surface area contributed by atoms with Crippen LogP contribution in [0.1, 0.15) is 19.3 Å². The van der Waals surface area contributed by atoms with Gasteiger partial charge in [0.25, 0.3) is 0 Å². The van der Waals surface area contributed by atoms with Crippen LogP contribution in [0.25, 0.3) is 0 Å². The standard InChI is InChI=1S/C10H19NO2S/c1-11(2)9-5-4-8(6-9)10(12)13-7-14-3/h8-9H,4-7H2,1-3H3. The van der Waals surface area contributed by atoms with Gasteiger partial charge in [0.2, 0.25) is 0 Å². The number of hydrogen-bond donors (Lipinski definition) is 0. The third-order valence-corrected chi connectivity index (χ3v) is 3.14. The summed E-state index contributed by atoms with van der Waals surface area (Å²) in [4.78, 5) is 13.7. The van der Waals surface area contributed by atoms with Crippen molar-refractivity contribution >= 4 is 17.7 Å². The molecule has 1 aliphatic carbocycles. The highest BCUT2D eigenvalue weighted by Gasteiger charge is 2.31. The highest BCUT2D eigenvalue weighted by atomic mass is 32.2. The number of rotatable bonds is 4. The molecule has 1 saturated carbocycles. The topological polar surface area (TPSA) is 29.5 Å². The summed E-state index contributed by atoms with van der Waals surface area (Å²) in [5, 5.41) is 0. The molecule has 2 unspecified atom stereocenters. The quantitative estimate of drug-likeness (QED) is 0.528. The van der Waals surface area contributed by atoms with E-state index in [4.69, 9.17) is 4.74 Å². The molecule has 0 aliphatic heterocycles. The zero-order valence-corrected chi connectivity index (χ0v) is 9.97. The number of nitrogens with zero attached hydrogens (tertiary/aromatic N) is 1. The number of hydrogen-bond acceptors (Lipinski definition) is 4. The fourth-order valence-corrected chi connectivity index (χ4v) is 2.11. The van der Waals surface area contributed by atoms with Crippen LogP contribution < -0.4 is 0 Å². The molecule has 82 valence electrons. The summed E-state index contributed by atoms with van der Waals surface area (Å²) in [7, 11) is 4.14. The van der Waals surface area contributed by atoms with Gasteiger partial charge in [-0.15, -0.1) is 11.8 Å². The van der Waals surface area contributed by atoms with Gasteiger partial charge in [0.1, 0.15) is 5.94 Å². The van der Waals surface area contributed by atoms with Gasteiger partial charge in [0.15, 0.2) is 0 Å². The maximum Gasteiger partial charge on any atom is 0.309 e. The molecule has 0 radical (unpaired) electrons.